The number of aliphatic hydroxyl groups excluding tert-OH is 1. The van der Waals surface area contributed by atoms with Crippen molar-refractivity contribution in [3.8, 4) is 0 Å². The van der Waals surface area contributed by atoms with Gasteiger partial charge in [0.05, 0.1) is 11.4 Å². The molecule has 0 unspecified atom stereocenters. The average Bonchev–Trinajstić information content (AvgIpc) is 1.95. The molecule has 0 bridgehead atoms. The molecule has 0 spiro atoms. The molecule has 0 aromatic carbocycles. The van der Waals surface area contributed by atoms with Crippen LogP contribution in [0, 0.1) is 6.92 Å². The van der Waals surface area contributed by atoms with Gasteiger partial charge in [-0.25, -0.2) is 0 Å². The Hall–Kier alpha value is -0.960. The molecule has 0 amide bonds. The van der Waals surface area contributed by atoms with Crippen molar-refractivity contribution in [2.24, 2.45) is 0 Å². The van der Waals surface area contributed by atoms with Gasteiger partial charge in [-0.15, -0.1) is 0 Å². The summed E-state index contributed by atoms with van der Waals surface area (Å²) in [5.41, 5.74) is 1.75. The monoisotopic (exact) mass is 138 g/mol. The predicted molar refractivity (Wildman–Crippen MR) is 37.6 cm³/mol. The molecule has 1 N–H and O–H groups in total. The van der Waals surface area contributed by atoms with E-state index in [1.807, 2.05) is 6.92 Å². The quantitative estimate of drug-likeness (QED) is 0.640. The Morgan fingerprint density at radius 3 is 2.70 bits per heavy atom. The molecule has 0 saturated heterocycles. The first kappa shape index (κ1) is 7.15. The fraction of sp³-hybridized carbons (Fsp3) is 0.429. The number of hydrogen-bond donors (Lipinski definition) is 1. The number of rotatable bonds is 2. The van der Waals surface area contributed by atoms with Crippen LogP contribution in [0.4, 0.5) is 0 Å². The van der Waals surface area contributed by atoms with E-state index >= 15 is 0 Å². The Kier molecular flexibility index (Phi) is 2.34. The zero-order valence-corrected chi connectivity index (χ0v) is 5.91. The topological polar surface area (TPSA) is 46.0 Å². The predicted octanol–water partition coefficient (Wildman–Crippen LogP) is 0.320. The molecule has 0 aliphatic carbocycles. The van der Waals surface area contributed by atoms with Crippen LogP contribution in [0.25, 0.3) is 0 Å². The molecule has 1 aromatic rings. The summed E-state index contributed by atoms with van der Waals surface area (Å²) >= 11 is 0. The minimum atomic E-state index is 0.137. The lowest BCUT2D eigenvalue weighted by Gasteiger charge is -1.95. The maximum absolute atomic E-state index is 8.52. The van der Waals surface area contributed by atoms with Crippen molar-refractivity contribution in [3.05, 3.63) is 23.8 Å². The molecule has 54 valence electrons. The van der Waals surface area contributed by atoms with Gasteiger partial charge in [-0.1, -0.05) is 0 Å². The highest BCUT2D eigenvalue weighted by Gasteiger charge is 1.91. The Balaban J connectivity index is 2.69. The molecular formula is C7H10N2O. The number of nitrogens with zero attached hydrogens (tertiary/aromatic N) is 2. The highest BCUT2D eigenvalue weighted by atomic mass is 16.3. The lowest BCUT2D eigenvalue weighted by molar-refractivity contribution is 0.298. The molecule has 1 aromatic heterocycles. The van der Waals surface area contributed by atoms with Crippen molar-refractivity contribution in [2.75, 3.05) is 6.61 Å². The Morgan fingerprint density at radius 1 is 1.40 bits per heavy atom. The van der Waals surface area contributed by atoms with E-state index in [0.717, 1.165) is 11.4 Å². The van der Waals surface area contributed by atoms with Crippen LogP contribution in [0.15, 0.2) is 12.4 Å². The average molecular weight is 138 g/mol. The van der Waals surface area contributed by atoms with Gasteiger partial charge in [0, 0.05) is 25.4 Å². The van der Waals surface area contributed by atoms with Gasteiger partial charge in [0.2, 0.25) is 0 Å². The summed E-state index contributed by atoms with van der Waals surface area (Å²) in [6, 6.07) is 0. The maximum Gasteiger partial charge on any atom is 0.0609 e. The normalized spacial score (nSPS) is 9.80. The van der Waals surface area contributed by atoms with E-state index < -0.39 is 0 Å². The Bertz CT molecular complexity index is 195. The SMILES string of the molecule is Cc1cnc(CCO)cn1. The molecule has 0 fully saturated rings. The highest BCUT2D eigenvalue weighted by Crippen LogP contribution is 1.93. The summed E-state index contributed by atoms with van der Waals surface area (Å²) in [5.74, 6) is 0. The summed E-state index contributed by atoms with van der Waals surface area (Å²) < 4.78 is 0. The van der Waals surface area contributed by atoms with Gasteiger partial charge < -0.3 is 5.11 Å². The Labute approximate surface area is 59.8 Å². The van der Waals surface area contributed by atoms with Crippen molar-refractivity contribution < 1.29 is 5.11 Å². The first-order chi connectivity index (χ1) is 4.83. The second kappa shape index (κ2) is 3.27. The van der Waals surface area contributed by atoms with E-state index in [1.54, 1.807) is 12.4 Å². The van der Waals surface area contributed by atoms with E-state index in [2.05, 4.69) is 9.97 Å². The second-order valence-corrected chi connectivity index (χ2v) is 2.12. The van der Waals surface area contributed by atoms with Crippen LogP contribution in [0.2, 0.25) is 0 Å². The molecule has 1 heterocycles. The summed E-state index contributed by atoms with van der Waals surface area (Å²) in [5, 5.41) is 8.52. The molecule has 10 heavy (non-hydrogen) atoms. The van der Waals surface area contributed by atoms with Gasteiger partial charge in [0.1, 0.15) is 0 Å². The van der Waals surface area contributed by atoms with Crippen molar-refractivity contribution in [1.29, 1.82) is 0 Å². The second-order valence-electron chi connectivity index (χ2n) is 2.12. The van der Waals surface area contributed by atoms with Crippen LogP contribution >= 0.6 is 0 Å². The molecule has 0 aliphatic heterocycles. The van der Waals surface area contributed by atoms with Crippen molar-refractivity contribution in [2.45, 2.75) is 13.3 Å². The summed E-state index contributed by atoms with van der Waals surface area (Å²) in [4.78, 5) is 8.07. The van der Waals surface area contributed by atoms with Crippen LogP contribution < -0.4 is 0 Å². The van der Waals surface area contributed by atoms with Gasteiger partial charge in [-0.05, 0) is 6.92 Å². The molecule has 0 aliphatic rings. The molecular weight excluding hydrogens is 128 g/mol. The summed E-state index contributed by atoms with van der Waals surface area (Å²) in [6.07, 6.45) is 3.98. The van der Waals surface area contributed by atoms with Gasteiger partial charge in [-0.3, -0.25) is 9.97 Å². The minimum Gasteiger partial charge on any atom is -0.396 e. The van der Waals surface area contributed by atoms with Crippen molar-refractivity contribution in [3.63, 3.8) is 0 Å². The van der Waals surface area contributed by atoms with Crippen LogP contribution in [0.3, 0.4) is 0 Å². The summed E-state index contributed by atoms with van der Waals surface area (Å²) in [7, 11) is 0. The molecule has 0 saturated carbocycles. The number of hydrogen-bond acceptors (Lipinski definition) is 3. The zero-order valence-electron chi connectivity index (χ0n) is 5.91. The standard InChI is InChI=1S/C7H10N2O/c1-6-4-9-7(2-3-10)5-8-6/h4-5,10H,2-3H2,1H3. The smallest absolute Gasteiger partial charge is 0.0609 e. The van der Waals surface area contributed by atoms with E-state index in [1.165, 1.54) is 0 Å². The van der Waals surface area contributed by atoms with Crippen molar-refractivity contribution >= 4 is 0 Å². The number of aromatic nitrogens is 2. The van der Waals surface area contributed by atoms with Gasteiger partial charge in [0.25, 0.3) is 0 Å². The third kappa shape index (κ3) is 1.77. The molecule has 3 heteroatoms. The fourth-order valence-electron chi connectivity index (χ4n) is 0.663. The van der Waals surface area contributed by atoms with E-state index in [4.69, 9.17) is 5.11 Å². The molecule has 1 rings (SSSR count). The van der Waals surface area contributed by atoms with Gasteiger partial charge in [-0.2, -0.15) is 0 Å². The van der Waals surface area contributed by atoms with E-state index in [-0.39, 0.29) is 6.61 Å². The maximum atomic E-state index is 8.52. The molecule has 0 radical (unpaired) electrons. The van der Waals surface area contributed by atoms with Gasteiger partial charge in [0.15, 0.2) is 0 Å². The molecule has 0 atom stereocenters. The zero-order chi connectivity index (χ0) is 7.40. The number of aliphatic hydroxyl groups is 1. The minimum absolute atomic E-state index is 0.137. The summed E-state index contributed by atoms with van der Waals surface area (Å²) in [6.45, 7) is 2.02. The first-order valence-electron chi connectivity index (χ1n) is 3.21. The van der Waals surface area contributed by atoms with Crippen LogP contribution in [0.1, 0.15) is 11.4 Å². The molecule has 3 nitrogen and oxygen atoms in total. The largest absolute Gasteiger partial charge is 0.396 e. The fourth-order valence-corrected chi connectivity index (χ4v) is 0.663. The third-order valence-electron chi connectivity index (χ3n) is 1.20. The number of aryl methyl sites for hydroxylation is 1. The lowest BCUT2D eigenvalue weighted by Crippen LogP contribution is -1.95. The first-order valence-corrected chi connectivity index (χ1v) is 3.21. The van der Waals surface area contributed by atoms with Crippen LogP contribution in [-0.4, -0.2) is 21.7 Å². The Morgan fingerprint density at radius 2 is 2.20 bits per heavy atom. The highest BCUT2D eigenvalue weighted by molar-refractivity contribution is 5.00. The van der Waals surface area contributed by atoms with E-state index in [9.17, 15) is 0 Å². The van der Waals surface area contributed by atoms with Gasteiger partial charge >= 0.3 is 0 Å². The lowest BCUT2D eigenvalue weighted by atomic mass is 10.3. The van der Waals surface area contributed by atoms with Crippen LogP contribution in [0.5, 0.6) is 0 Å². The van der Waals surface area contributed by atoms with Crippen LogP contribution in [-0.2, 0) is 6.42 Å². The van der Waals surface area contributed by atoms with E-state index in [0.29, 0.717) is 6.42 Å². The van der Waals surface area contributed by atoms with Crippen molar-refractivity contribution in [1.82, 2.24) is 9.97 Å². The third-order valence-corrected chi connectivity index (χ3v) is 1.20.